The zero-order valence-corrected chi connectivity index (χ0v) is 68.9. The molecule has 0 N–H and O–H groups in total. The van der Waals surface area contributed by atoms with Crippen LogP contribution in [0.15, 0.2) is 85.1 Å². The first-order chi connectivity index (χ1) is 50.6. The lowest BCUT2D eigenvalue weighted by Gasteiger charge is -2.26. The molecule has 0 bridgehead atoms. The van der Waals surface area contributed by atoms with Gasteiger partial charge in [0, 0.05) is 12.8 Å². The molecule has 0 aromatic rings. The van der Waals surface area contributed by atoms with Crippen LogP contribution in [0.25, 0.3) is 0 Å². The van der Waals surface area contributed by atoms with Gasteiger partial charge in [-0.05, 0) is 70.6 Å². The van der Waals surface area contributed by atoms with Crippen molar-refractivity contribution in [3.63, 3.8) is 0 Å². The third kappa shape index (κ3) is 85.6. The Labute approximate surface area is 640 Å². The topological polar surface area (TPSA) is 111 Å². The van der Waals surface area contributed by atoms with Crippen molar-refractivity contribution in [1.82, 2.24) is 0 Å². The number of aliphatic carboxylic acids is 1. The summed E-state index contributed by atoms with van der Waals surface area (Å²) in [5.74, 6) is -2.25. The summed E-state index contributed by atoms with van der Waals surface area (Å²) in [6.07, 6.45) is 113. The van der Waals surface area contributed by atoms with Crippen molar-refractivity contribution in [2.75, 3.05) is 47.5 Å². The second kappa shape index (κ2) is 84.1. The SMILES string of the molecule is CC/C=C\C/C=C\C/C=C\C/C=C\C/C=C\C/C=C\C/C=C\CCCCCCCCCCCCCCCCCCCC(=O)OC(COC(=O)CCCCCCCCCCCCCCCCCCCCCCCCCCCCCCCCCCCCCCCCC)COC(OCC[N+](C)(C)C)C(=O)[O-]. The number of unbranched alkanes of at least 4 members (excludes halogenated alkanes) is 55. The number of quaternary nitrogens is 1. The highest BCUT2D eigenvalue weighted by atomic mass is 16.7. The number of carboxylic acid groups (broad SMARTS) is 1. The van der Waals surface area contributed by atoms with Crippen LogP contribution in [0.4, 0.5) is 0 Å². The zero-order valence-electron chi connectivity index (χ0n) is 68.9. The summed E-state index contributed by atoms with van der Waals surface area (Å²) >= 11 is 0. The summed E-state index contributed by atoms with van der Waals surface area (Å²) in [6, 6.07) is 0. The molecule has 2 atom stereocenters. The minimum absolute atomic E-state index is 0.149. The highest BCUT2D eigenvalue weighted by molar-refractivity contribution is 5.70. The molecule has 0 aliphatic carbocycles. The summed E-state index contributed by atoms with van der Waals surface area (Å²) in [6.45, 7) is 4.71. The predicted octanol–water partition coefficient (Wildman–Crippen LogP) is 27.9. The Balaban J connectivity index is 3.93. The van der Waals surface area contributed by atoms with E-state index < -0.39 is 24.3 Å². The molecule has 0 heterocycles. The van der Waals surface area contributed by atoms with Crippen LogP contribution < -0.4 is 5.11 Å². The first-order valence-corrected chi connectivity index (χ1v) is 44.7. The second-order valence-electron chi connectivity index (χ2n) is 31.5. The first-order valence-electron chi connectivity index (χ1n) is 44.7. The van der Waals surface area contributed by atoms with E-state index in [1.54, 1.807) is 0 Å². The highest BCUT2D eigenvalue weighted by Gasteiger charge is 2.22. The number of carbonyl (C=O) groups is 3. The standard InChI is InChI=1S/C94H171NO8/c1-6-8-10-12-14-16-18-20-22-24-26-28-30-32-34-36-38-40-42-44-46-48-50-52-54-56-58-60-62-64-66-68-70-72-74-76-78-80-82-84-91(96)101-88-90(89-102-94(93(98)99)100-87-86-95(3,4)5)103-92(97)85-83-81-79-77-75-73-71-69-67-65-63-61-59-57-55-53-51-49-47-45-43-41-39-37-35-33-31-29-27-25-23-21-19-17-15-13-11-9-7-2/h9,11,15,17,21,23,27,29,33,35,39,41,45,47,90,94H,6-8,10,12-14,16,18-20,22,24-26,28,30-32,34,36-38,40,42-44,46,48-89H2,1-5H3/b11-9-,17-15-,23-21-,29-27-,35-33-,41-39-,47-45-. The van der Waals surface area contributed by atoms with E-state index in [0.29, 0.717) is 23.9 Å². The molecular formula is C94H171NO8. The monoisotopic (exact) mass is 1440 g/mol. The van der Waals surface area contributed by atoms with Crippen molar-refractivity contribution < 1.29 is 42.9 Å². The van der Waals surface area contributed by atoms with Crippen molar-refractivity contribution in [3.05, 3.63) is 85.1 Å². The minimum atomic E-state index is -1.62. The van der Waals surface area contributed by atoms with E-state index in [1.807, 2.05) is 21.1 Å². The second-order valence-corrected chi connectivity index (χ2v) is 31.5. The zero-order chi connectivity index (χ0) is 74.6. The average molecular weight is 1440 g/mol. The Morgan fingerprint density at radius 2 is 0.553 bits per heavy atom. The van der Waals surface area contributed by atoms with Gasteiger partial charge in [-0.15, -0.1) is 0 Å². The number of hydrogen-bond donors (Lipinski definition) is 0. The van der Waals surface area contributed by atoms with Gasteiger partial charge in [-0.1, -0.05) is 439 Å². The fourth-order valence-corrected chi connectivity index (χ4v) is 13.4. The largest absolute Gasteiger partial charge is 0.545 e. The number of likely N-dealkylation sites (N-methyl/N-ethyl adjacent to an activating group) is 1. The molecule has 2 unspecified atom stereocenters. The number of carboxylic acids is 1. The van der Waals surface area contributed by atoms with Gasteiger partial charge in [0.15, 0.2) is 12.4 Å². The molecule has 0 aromatic carbocycles. The molecule has 0 saturated heterocycles. The quantitative estimate of drug-likeness (QED) is 0.0195. The van der Waals surface area contributed by atoms with E-state index in [4.69, 9.17) is 18.9 Å². The number of nitrogens with zero attached hydrogens (tertiary/aromatic N) is 1. The maximum atomic E-state index is 13.0. The van der Waals surface area contributed by atoms with Gasteiger partial charge in [-0.3, -0.25) is 9.59 Å². The van der Waals surface area contributed by atoms with Crippen LogP contribution in [-0.4, -0.2) is 82.3 Å². The summed E-state index contributed by atoms with van der Waals surface area (Å²) in [5, 5.41) is 11.9. The van der Waals surface area contributed by atoms with Crippen LogP contribution in [0, 0.1) is 0 Å². The third-order valence-electron chi connectivity index (χ3n) is 20.2. The van der Waals surface area contributed by atoms with Gasteiger partial charge >= 0.3 is 11.9 Å². The average Bonchev–Trinajstić information content (AvgIpc) is 0.985. The molecule has 0 rings (SSSR count). The van der Waals surface area contributed by atoms with Gasteiger partial charge in [0.25, 0.3) is 0 Å². The van der Waals surface area contributed by atoms with Crippen LogP contribution in [0.1, 0.15) is 438 Å². The molecule has 9 heteroatoms. The molecule has 0 amide bonds. The maximum Gasteiger partial charge on any atom is 0.306 e. The van der Waals surface area contributed by atoms with Crippen molar-refractivity contribution >= 4 is 17.9 Å². The van der Waals surface area contributed by atoms with Crippen LogP contribution in [0.3, 0.4) is 0 Å². The Morgan fingerprint density at radius 3 is 0.825 bits per heavy atom. The fourth-order valence-electron chi connectivity index (χ4n) is 13.4. The van der Waals surface area contributed by atoms with Gasteiger partial charge < -0.3 is 33.3 Å². The number of hydrogen-bond acceptors (Lipinski definition) is 8. The van der Waals surface area contributed by atoms with Gasteiger partial charge in [-0.25, -0.2) is 0 Å². The number of carbonyl (C=O) groups excluding carboxylic acids is 3. The lowest BCUT2D eigenvalue weighted by Crippen LogP contribution is -2.44. The molecule has 600 valence electrons. The van der Waals surface area contributed by atoms with E-state index in [9.17, 15) is 19.5 Å². The van der Waals surface area contributed by atoms with Crippen LogP contribution in [0.2, 0.25) is 0 Å². The van der Waals surface area contributed by atoms with Crippen LogP contribution in [-0.2, 0) is 33.3 Å². The smallest absolute Gasteiger partial charge is 0.306 e. The summed E-state index contributed by atoms with van der Waals surface area (Å²) in [5.41, 5.74) is 0. The molecule has 0 aliphatic heterocycles. The fraction of sp³-hybridized carbons (Fsp3) is 0.819. The predicted molar refractivity (Wildman–Crippen MR) is 444 cm³/mol. The van der Waals surface area contributed by atoms with E-state index >= 15 is 0 Å². The van der Waals surface area contributed by atoms with Gasteiger partial charge in [0.2, 0.25) is 0 Å². The molecule has 0 radical (unpaired) electrons. The number of allylic oxidation sites excluding steroid dienone is 14. The first kappa shape index (κ1) is 99.5. The third-order valence-corrected chi connectivity index (χ3v) is 20.2. The molecular weight excluding hydrogens is 1270 g/mol. The Bertz CT molecular complexity index is 1980. The number of rotatable bonds is 84. The summed E-state index contributed by atoms with van der Waals surface area (Å²) < 4.78 is 22.9. The number of esters is 2. The Hall–Kier alpha value is -3.53. The molecule has 0 aliphatic rings. The lowest BCUT2D eigenvalue weighted by atomic mass is 10.0. The molecule has 0 fully saturated rings. The molecule has 9 nitrogen and oxygen atoms in total. The Kier molecular flexibility index (Phi) is 81.2. The lowest BCUT2D eigenvalue weighted by molar-refractivity contribution is -0.870. The van der Waals surface area contributed by atoms with Crippen molar-refractivity contribution in [1.29, 1.82) is 0 Å². The summed E-state index contributed by atoms with van der Waals surface area (Å²) in [4.78, 5) is 37.7. The van der Waals surface area contributed by atoms with Crippen molar-refractivity contribution in [2.45, 2.75) is 450 Å². The Morgan fingerprint density at radius 1 is 0.301 bits per heavy atom. The van der Waals surface area contributed by atoms with E-state index in [2.05, 4.69) is 98.9 Å². The molecule has 103 heavy (non-hydrogen) atoms. The molecule has 0 aromatic heterocycles. The maximum absolute atomic E-state index is 13.0. The molecule has 0 spiro atoms. The summed E-state index contributed by atoms with van der Waals surface area (Å²) in [7, 11) is 5.95. The van der Waals surface area contributed by atoms with Crippen molar-refractivity contribution in [3.8, 4) is 0 Å². The van der Waals surface area contributed by atoms with E-state index in [-0.39, 0.29) is 32.2 Å². The van der Waals surface area contributed by atoms with Crippen molar-refractivity contribution in [2.24, 2.45) is 0 Å². The molecule has 0 saturated carbocycles. The van der Waals surface area contributed by atoms with Gasteiger partial charge in [0.05, 0.1) is 40.3 Å². The number of ether oxygens (including phenoxy) is 4. The van der Waals surface area contributed by atoms with Crippen LogP contribution in [0.5, 0.6) is 0 Å². The normalized spacial score (nSPS) is 13.0. The highest BCUT2D eigenvalue weighted by Crippen LogP contribution is 2.21. The van der Waals surface area contributed by atoms with E-state index in [0.717, 1.165) is 77.0 Å². The van der Waals surface area contributed by atoms with Gasteiger partial charge in [0.1, 0.15) is 13.2 Å². The minimum Gasteiger partial charge on any atom is -0.545 e. The van der Waals surface area contributed by atoms with E-state index in [1.165, 1.54) is 327 Å². The van der Waals surface area contributed by atoms with Gasteiger partial charge in [-0.2, -0.15) is 0 Å². The van der Waals surface area contributed by atoms with Crippen LogP contribution >= 0.6 is 0 Å².